The van der Waals surface area contributed by atoms with Gasteiger partial charge in [0.1, 0.15) is 6.10 Å². The van der Waals surface area contributed by atoms with Crippen molar-refractivity contribution in [2.75, 3.05) is 6.61 Å². The van der Waals surface area contributed by atoms with Gasteiger partial charge in [-0.2, -0.15) is 0 Å². The third-order valence-electron chi connectivity index (χ3n) is 4.06. The highest BCUT2D eigenvalue weighted by Crippen LogP contribution is 2.47. The molecule has 0 spiro atoms. The minimum atomic E-state index is -0.0104. The number of hydrogen-bond donors (Lipinski definition) is 0. The molecule has 18 heavy (non-hydrogen) atoms. The monoisotopic (exact) mass is 244 g/mol. The van der Waals surface area contributed by atoms with Crippen molar-refractivity contribution in [3.8, 4) is 0 Å². The van der Waals surface area contributed by atoms with Crippen molar-refractivity contribution in [3.63, 3.8) is 0 Å². The van der Waals surface area contributed by atoms with Crippen LogP contribution in [-0.4, -0.2) is 12.9 Å². The molecule has 4 rings (SSSR count). The predicted octanol–water partition coefficient (Wildman–Crippen LogP) is 3.11. The van der Waals surface area contributed by atoms with Gasteiger partial charge in [-0.05, 0) is 35.1 Å². The fourth-order valence-corrected chi connectivity index (χ4v) is 3.08. The summed E-state index contributed by atoms with van der Waals surface area (Å²) in [5.74, 6) is 0. The summed E-state index contributed by atoms with van der Waals surface area (Å²) in [6, 6.07) is 4.35. The van der Waals surface area contributed by atoms with Crippen LogP contribution in [0.5, 0.6) is 0 Å². The van der Waals surface area contributed by atoms with Crippen molar-refractivity contribution in [3.05, 3.63) is 41.0 Å². The average Bonchev–Trinajstić information content (AvgIpc) is 3.01. The van der Waals surface area contributed by atoms with Crippen molar-refractivity contribution < 1.29 is 14.2 Å². The molecule has 3 unspecified atom stereocenters. The fraction of sp³-hybridized carbons (Fsp3) is 0.467. The Morgan fingerprint density at radius 3 is 2.89 bits per heavy atom. The highest BCUT2D eigenvalue weighted by Gasteiger charge is 2.46. The Morgan fingerprint density at radius 1 is 1.22 bits per heavy atom. The van der Waals surface area contributed by atoms with Crippen LogP contribution < -0.4 is 0 Å². The molecule has 1 aromatic carbocycles. The van der Waals surface area contributed by atoms with Crippen LogP contribution in [-0.2, 0) is 20.8 Å². The zero-order valence-electron chi connectivity index (χ0n) is 10.2. The summed E-state index contributed by atoms with van der Waals surface area (Å²) in [6.45, 7) is 5.44. The van der Waals surface area contributed by atoms with Gasteiger partial charge in [-0.3, -0.25) is 0 Å². The number of rotatable bonds is 2. The first-order valence-electron chi connectivity index (χ1n) is 6.55. The van der Waals surface area contributed by atoms with Crippen molar-refractivity contribution in [1.29, 1.82) is 0 Å². The van der Waals surface area contributed by atoms with E-state index in [1.165, 1.54) is 22.3 Å². The molecular weight excluding hydrogens is 228 g/mol. The Morgan fingerprint density at radius 2 is 2.11 bits per heavy atom. The first-order chi connectivity index (χ1) is 8.88. The summed E-state index contributed by atoms with van der Waals surface area (Å²) in [7, 11) is 0. The number of benzene rings is 1. The molecule has 2 saturated heterocycles. The molecule has 0 aromatic heterocycles. The van der Waals surface area contributed by atoms with E-state index in [2.05, 4.69) is 18.7 Å². The summed E-state index contributed by atoms with van der Waals surface area (Å²) >= 11 is 0. The molecule has 0 saturated carbocycles. The number of fused-ring (bicyclic) bond motifs is 3. The van der Waals surface area contributed by atoms with E-state index in [-0.39, 0.29) is 18.5 Å². The second-order valence-corrected chi connectivity index (χ2v) is 5.08. The molecule has 0 bridgehead atoms. The van der Waals surface area contributed by atoms with Gasteiger partial charge in [0.2, 0.25) is 0 Å². The molecule has 94 valence electrons. The molecular formula is C15H16O3. The van der Waals surface area contributed by atoms with Crippen LogP contribution in [0.25, 0.3) is 6.08 Å². The topological polar surface area (TPSA) is 31.0 Å². The standard InChI is InChI=1S/C15H16O3/c1-2-9-10(13-4-3-7-16-13)5-6-11-12(9)8-17-15-14(11)18-15/h2,5-6,13-15H,1,3-4,7-8H2. The van der Waals surface area contributed by atoms with E-state index in [4.69, 9.17) is 14.2 Å². The first kappa shape index (κ1) is 10.7. The van der Waals surface area contributed by atoms with Crippen molar-refractivity contribution in [2.24, 2.45) is 0 Å². The van der Waals surface area contributed by atoms with Gasteiger partial charge in [-0.1, -0.05) is 24.8 Å². The quantitative estimate of drug-likeness (QED) is 0.749. The Hall–Kier alpha value is -1.16. The molecule has 3 atom stereocenters. The highest BCUT2D eigenvalue weighted by molar-refractivity contribution is 5.60. The van der Waals surface area contributed by atoms with E-state index in [1.807, 2.05) is 6.08 Å². The largest absolute Gasteiger partial charge is 0.374 e. The molecule has 3 heteroatoms. The SMILES string of the molecule is C=Cc1c(C2CCCO2)ccc2c1COC1OC21. The molecule has 0 radical (unpaired) electrons. The van der Waals surface area contributed by atoms with Gasteiger partial charge in [0.25, 0.3) is 0 Å². The number of hydrogen-bond acceptors (Lipinski definition) is 3. The van der Waals surface area contributed by atoms with Crippen LogP contribution in [0.2, 0.25) is 0 Å². The van der Waals surface area contributed by atoms with Crippen molar-refractivity contribution >= 4 is 6.08 Å². The Bertz CT molecular complexity index is 503. The lowest BCUT2D eigenvalue weighted by Crippen LogP contribution is -2.12. The molecule has 3 aliphatic rings. The smallest absolute Gasteiger partial charge is 0.189 e. The second-order valence-electron chi connectivity index (χ2n) is 5.08. The van der Waals surface area contributed by atoms with Gasteiger partial charge in [0.15, 0.2) is 6.29 Å². The molecule has 3 heterocycles. The van der Waals surface area contributed by atoms with E-state index in [9.17, 15) is 0 Å². The van der Waals surface area contributed by atoms with E-state index in [0.29, 0.717) is 6.61 Å². The minimum Gasteiger partial charge on any atom is -0.374 e. The minimum absolute atomic E-state index is 0.0104. The molecule has 3 aliphatic heterocycles. The fourth-order valence-electron chi connectivity index (χ4n) is 3.08. The summed E-state index contributed by atoms with van der Waals surface area (Å²) in [4.78, 5) is 0. The van der Waals surface area contributed by atoms with E-state index < -0.39 is 0 Å². The van der Waals surface area contributed by atoms with Gasteiger partial charge in [-0.15, -0.1) is 0 Å². The van der Waals surface area contributed by atoms with E-state index in [1.54, 1.807) is 0 Å². The molecule has 0 N–H and O–H groups in total. The lowest BCUT2D eigenvalue weighted by atomic mass is 9.90. The van der Waals surface area contributed by atoms with Gasteiger partial charge in [0.05, 0.1) is 12.7 Å². The number of epoxide rings is 1. The summed E-state index contributed by atoms with van der Waals surface area (Å²) in [5.41, 5.74) is 4.94. The van der Waals surface area contributed by atoms with E-state index >= 15 is 0 Å². The maximum Gasteiger partial charge on any atom is 0.189 e. The predicted molar refractivity (Wildman–Crippen MR) is 66.9 cm³/mol. The summed E-state index contributed by atoms with van der Waals surface area (Å²) in [5, 5.41) is 0. The maximum atomic E-state index is 5.79. The highest BCUT2D eigenvalue weighted by atomic mass is 16.8. The molecule has 3 nitrogen and oxygen atoms in total. The van der Waals surface area contributed by atoms with Gasteiger partial charge in [0, 0.05) is 6.61 Å². The van der Waals surface area contributed by atoms with Crippen LogP contribution in [0.4, 0.5) is 0 Å². The van der Waals surface area contributed by atoms with Crippen molar-refractivity contribution in [1.82, 2.24) is 0 Å². The Labute approximate surface area is 106 Å². The van der Waals surface area contributed by atoms with Crippen LogP contribution in [0, 0.1) is 0 Å². The third kappa shape index (κ3) is 1.48. The molecule has 0 aliphatic carbocycles. The van der Waals surface area contributed by atoms with Crippen LogP contribution in [0.3, 0.4) is 0 Å². The summed E-state index contributed by atoms with van der Waals surface area (Å²) < 4.78 is 16.9. The van der Waals surface area contributed by atoms with Gasteiger partial charge < -0.3 is 14.2 Å². The van der Waals surface area contributed by atoms with E-state index in [0.717, 1.165) is 19.4 Å². The Kier molecular flexibility index (Phi) is 2.34. The lowest BCUT2D eigenvalue weighted by Gasteiger charge is -2.21. The van der Waals surface area contributed by atoms with Crippen LogP contribution >= 0.6 is 0 Å². The summed E-state index contributed by atoms with van der Waals surface area (Å²) in [6.07, 6.45) is 4.53. The molecule has 0 amide bonds. The third-order valence-corrected chi connectivity index (χ3v) is 4.06. The maximum absolute atomic E-state index is 5.79. The molecule has 1 aromatic rings. The number of ether oxygens (including phenoxy) is 3. The lowest BCUT2D eigenvalue weighted by molar-refractivity contribution is 0.0368. The van der Waals surface area contributed by atoms with Crippen LogP contribution in [0.15, 0.2) is 18.7 Å². The zero-order chi connectivity index (χ0) is 12.1. The average molecular weight is 244 g/mol. The van der Waals surface area contributed by atoms with Crippen LogP contribution in [0.1, 0.15) is 47.3 Å². The van der Waals surface area contributed by atoms with Crippen molar-refractivity contribution in [2.45, 2.75) is 37.9 Å². The van der Waals surface area contributed by atoms with Gasteiger partial charge in [-0.25, -0.2) is 0 Å². The Balaban J connectivity index is 1.82. The molecule has 2 fully saturated rings. The van der Waals surface area contributed by atoms with Gasteiger partial charge >= 0.3 is 0 Å². The first-order valence-corrected chi connectivity index (χ1v) is 6.55. The second kappa shape index (κ2) is 3.92. The zero-order valence-corrected chi connectivity index (χ0v) is 10.2. The normalized spacial score (nSPS) is 32.8.